The number of carbonyl (C=O) groups is 1. The molecule has 0 saturated heterocycles. The Morgan fingerprint density at radius 1 is 1.25 bits per heavy atom. The molecule has 1 atom stereocenters. The lowest BCUT2D eigenvalue weighted by Crippen LogP contribution is -2.42. The van der Waals surface area contributed by atoms with Crippen LogP contribution in [0.3, 0.4) is 0 Å². The van der Waals surface area contributed by atoms with Gasteiger partial charge in [0.05, 0.1) is 6.20 Å². The van der Waals surface area contributed by atoms with Crippen LogP contribution in [0.25, 0.3) is 5.82 Å². The summed E-state index contributed by atoms with van der Waals surface area (Å²) in [5.74, 6) is -1.46. The molecule has 2 heterocycles. The van der Waals surface area contributed by atoms with Gasteiger partial charge in [-0.05, 0) is 44.0 Å². The summed E-state index contributed by atoms with van der Waals surface area (Å²) in [6.07, 6.45) is 2.00. The predicted octanol–water partition coefficient (Wildman–Crippen LogP) is 1.80. The van der Waals surface area contributed by atoms with Gasteiger partial charge in [-0.3, -0.25) is 9.48 Å². The number of halogens is 2. The number of aryl methyl sites for hydroxylation is 3. The van der Waals surface area contributed by atoms with Crippen LogP contribution in [0.15, 0.2) is 30.5 Å². The first-order valence-electron chi connectivity index (χ1n) is 8.80. The highest BCUT2D eigenvalue weighted by atomic mass is 19.2. The first-order chi connectivity index (χ1) is 13.3. The molecule has 0 aliphatic rings. The minimum absolute atomic E-state index is 0.144. The average Bonchev–Trinajstić information content (AvgIpc) is 3.19. The summed E-state index contributed by atoms with van der Waals surface area (Å²) in [6, 6.07) is 4.86. The van der Waals surface area contributed by atoms with Crippen LogP contribution < -0.4 is 11.1 Å². The van der Waals surface area contributed by atoms with Crippen LogP contribution in [0.2, 0.25) is 0 Å². The number of nitrogens with one attached hydrogen (secondary N) is 1. The van der Waals surface area contributed by atoms with Gasteiger partial charge in [0.1, 0.15) is 0 Å². The van der Waals surface area contributed by atoms with Gasteiger partial charge < -0.3 is 11.1 Å². The molecule has 7 nitrogen and oxygen atoms in total. The average molecular weight is 388 g/mol. The van der Waals surface area contributed by atoms with E-state index < -0.39 is 17.7 Å². The summed E-state index contributed by atoms with van der Waals surface area (Å²) in [5, 5.41) is 11.4. The molecule has 3 rings (SSSR count). The number of nitrogens with two attached hydrogens (primary N) is 1. The van der Waals surface area contributed by atoms with Crippen molar-refractivity contribution in [3.05, 3.63) is 64.6 Å². The highest BCUT2D eigenvalue weighted by Crippen LogP contribution is 2.16. The smallest absolute Gasteiger partial charge is 0.272 e. The van der Waals surface area contributed by atoms with E-state index in [1.807, 2.05) is 13.8 Å². The van der Waals surface area contributed by atoms with Crippen molar-refractivity contribution >= 4 is 5.91 Å². The maximum atomic E-state index is 13.4. The summed E-state index contributed by atoms with van der Waals surface area (Å²) in [4.78, 5) is 12.6. The molecule has 0 radical (unpaired) electrons. The topological polar surface area (TPSA) is 90.8 Å². The molecular weight excluding hydrogens is 366 g/mol. The van der Waals surface area contributed by atoms with Gasteiger partial charge in [0, 0.05) is 30.9 Å². The van der Waals surface area contributed by atoms with E-state index in [0.29, 0.717) is 5.56 Å². The Hall–Kier alpha value is -3.07. The standard InChI is InChI=1S/C19H22F2N6O/c1-11-10-23-26(3)19(11)27-12(2)6-17(25-27)18(28)24-14(9-22)7-13-4-5-15(20)16(21)8-13/h4-6,8,10,14H,7,9,22H2,1-3H3,(H,24,28)/t14-/m0/s1. The lowest BCUT2D eigenvalue weighted by Gasteiger charge is -2.16. The molecule has 9 heteroatoms. The molecule has 0 bridgehead atoms. The number of hydrogen-bond acceptors (Lipinski definition) is 4. The fourth-order valence-electron chi connectivity index (χ4n) is 3.05. The first kappa shape index (κ1) is 19.7. The molecule has 1 amide bonds. The largest absolute Gasteiger partial charge is 0.346 e. The van der Waals surface area contributed by atoms with Crippen LogP contribution in [0.1, 0.15) is 27.3 Å². The zero-order chi connectivity index (χ0) is 20.4. The fraction of sp³-hybridized carbons (Fsp3) is 0.316. The molecule has 2 aromatic heterocycles. The second kappa shape index (κ2) is 7.89. The van der Waals surface area contributed by atoms with Crippen molar-refractivity contribution in [2.45, 2.75) is 26.3 Å². The summed E-state index contributed by atoms with van der Waals surface area (Å²) in [6.45, 7) is 3.90. The molecule has 0 saturated carbocycles. The van der Waals surface area contributed by atoms with Crippen molar-refractivity contribution in [3.8, 4) is 5.82 Å². The van der Waals surface area contributed by atoms with E-state index in [4.69, 9.17) is 5.73 Å². The molecule has 0 spiro atoms. The quantitative estimate of drug-likeness (QED) is 0.674. The van der Waals surface area contributed by atoms with Crippen molar-refractivity contribution < 1.29 is 13.6 Å². The van der Waals surface area contributed by atoms with E-state index in [0.717, 1.165) is 29.2 Å². The van der Waals surface area contributed by atoms with Gasteiger partial charge in [-0.1, -0.05) is 6.07 Å². The van der Waals surface area contributed by atoms with E-state index in [-0.39, 0.29) is 24.6 Å². The van der Waals surface area contributed by atoms with Crippen molar-refractivity contribution in [1.29, 1.82) is 0 Å². The number of amides is 1. The molecule has 0 fully saturated rings. The SMILES string of the molecule is Cc1cnn(C)c1-n1nc(C(=O)N[C@H](CN)Cc2ccc(F)c(F)c2)cc1C. The molecule has 3 N–H and O–H groups in total. The summed E-state index contributed by atoms with van der Waals surface area (Å²) < 4.78 is 29.8. The Labute approximate surface area is 161 Å². The molecular formula is C19H22F2N6O. The van der Waals surface area contributed by atoms with Gasteiger partial charge in [-0.2, -0.15) is 10.2 Å². The van der Waals surface area contributed by atoms with Gasteiger partial charge in [0.15, 0.2) is 23.1 Å². The summed E-state index contributed by atoms with van der Waals surface area (Å²) in [5.41, 5.74) is 8.24. The number of hydrogen-bond donors (Lipinski definition) is 2. The first-order valence-corrected chi connectivity index (χ1v) is 8.80. The summed E-state index contributed by atoms with van der Waals surface area (Å²) >= 11 is 0. The second-order valence-electron chi connectivity index (χ2n) is 6.72. The lowest BCUT2D eigenvalue weighted by atomic mass is 10.1. The third-order valence-electron chi connectivity index (χ3n) is 4.49. The normalized spacial score (nSPS) is 12.2. The molecule has 0 aliphatic heterocycles. The van der Waals surface area contributed by atoms with E-state index >= 15 is 0 Å². The van der Waals surface area contributed by atoms with Crippen LogP contribution in [0.5, 0.6) is 0 Å². The zero-order valence-corrected chi connectivity index (χ0v) is 15.9. The Kier molecular flexibility index (Phi) is 5.55. The second-order valence-corrected chi connectivity index (χ2v) is 6.72. The number of nitrogens with zero attached hydrogens (tertiary/aromatic N) is 4. The summed E-state index contributed by atoms with van der Waals surface area (Å²) in [7, 11) is 1.80. The third-order valence-corrected chi connectivity index (χ3v) is 4.49. The molecule has 28 heavy (non-hydrogen) atoms. The Morgan fingerprint density at radius 2 is 2.00 bits per heavy atom. The Morgan fingerprint density at radius 3 is 2.61 bits per heavy atom. The van der Waals surface area contributed by atoms with E-state index in [1.54, 1.807) is 28.7 Å². The van der Waals surface area contributed by atoms with Crippen molar-refractivity contribution in [2.75, 3.05) is 6.54 Å². The maximum Gasteiger partial charge on any atom is 0.272 e. The molecule has 1 aromatic carbocycles. The van der Waals surface area contributed by atoms with Crippen molar-refractivity contribution in [3.63, 3.8) is 0 Å². The van der Waals surface area contributed by atoms with Gasteiger partial charge >= 0.3 is 0 Å². The van der Waals surface area contributed by atoms with Gasteiger partial charge in [0.25, 0.3) is 5.91 Å². The van der Waals surface area contributed by atoms with Crippen LogP contribution in [0.4, 0.5) is 8.78 Å². The minimum Gasteiger partial charge on any atom is -0.346 e. The van der Waals surface area contributed by atoms with E-state index in [2.05, 4.69) is 15.5 Å². The van der Waals surface area contributed by atoms with Crippen molar-refractivity contribution in [1.82, 2.24) is 24.9 Å². The lowest BCUT2D eigenvalue weighted by molar-refractivity contribution is 0.0932. The molecule has 0 aliphatic carbocycles. The van der Waals surface area contributed by atoms with Crippen LogP contribution in [-0.2, 0) is 13.5 Å². The van der Waals surface area contributed by atoms with Crippen LogP contribution >= 0.6 is 0 Å². The Bertz CT molecular complexity index is 991. The monoisotopic (exact) mass is 388 g/mol. The molecule has 0 unspecified atom stereocenters. The zero-order valence-electron chi connectivity index (χ0n) is 15.9. The van der Waals surface area contributed by atoms with E-state index in [9.17, 15) is 13.6 Å². The highest BCUT2D eigenvalue weighted by Gasteiger charge is 2.19. The predicted molar refractivity (Wildman–Crippen MR) is 100 cm³/mol. The van der Waals surface area contributed by atoms with Crippen LogP contribution in [0, 0.1) is 25.5 Å². The number of carbonyl (C=O) groups excluding carboxylic acids is 1. The van der Waals surface area contributed by atoms with Gasteiger partial charge in [-0.25, -0.2) is 13.5 Å². The number of aromatic nitrogens is 4. The maximum absolute atomic E-state index is 13.4. The molecule has 3 aromatic rings. The minimum atomic E-state index is -0.930. The Balaban J connectivity index is 1.76. The van der Waals surface area contributed by atoms with Crippen LogP contribution in [-0.4, -0.2) is 38.1 Å². The van der Waals surface area contributed by atoms with E-state index in [1.165, 1.54) is 6.07 Å². The van der Waals surface area contributed by atoms with Gasteiger partial charge in [0.2, 0.25) is 0 Å². The number of rotatable bonds is 6. The van der Waals surface area contributed by atoms with Crippen molar-refractivity contribution in [2.24, 2.45) is 12.8 Å². The molecule has 148 valence electrons. The third kappa shape index (κ3) is 3.94. The highest BCUT2D eigenvalue weighted by molar-refractivity contribution is 5.92. The number of benzene rings is 1. The fourth-order valence-corrected chi connectivity index (χ4v) is 3.05. The van der Waals surface area contributed by atoms with Gasteiger partial charge in [-0.15, -0.1) is 0 Å².